The molecule has 0 fully saturated rings. The fourth-order valence-electron chi connectivity index (χ4n) is 2.19. The summed E-state index contributed by atoms with van der Waals surface area (Å²) < 4.78 is 27.0. The Hall–Kier alpha value is -2.22. The van der Waals surface area contributed by atoms with Crippen molar-refractivity contribution in [3.8, 4) is 0 Å². The number of quaternary nitrogens is 1. The van der Waals surface area contributed by atoms with Crippen LogP contribution in [0.5, 0.6) is 0 Å². The molecule has 0 saturated heterocycles. The Balaban J connectivity index is 1.87. The van der Waals surface area contributed by atoms with E-state index in [1.54, 1.807) is 18.3 Å². The van der Waals surface area contributed by atoms with E-state index in [4.69, 9.17) is 23.2 Å². The van der Waals surface area contributed by atoms with E-state index in [1.807, 2.05) is 0 Å². The van der Waals surface area contributed by atoms with Gasteiger partial charge in [-0.05, 0) is 31.2 Å². The summed E-state index contributed by atoms with van der Waals surface area (Å²) >= 11 is 11.7. The van der Waals surface area contributed by atoms with Gasteiger partial charge in [-0.3, -0.25) is 10.1 Å². The van der Waals surface area contributed by atoms with Crippen LogP contribution in [0.25, 0.3) is 0 Å². The quantitative estimate of drug-likeness (QED) is 0.671. The largest absolute Gasteiger partial charge is 0.332 e. The highest BCUT2D eigenvalue weighted by atomic mass is 35.5. The van der Waals surface area contributed by atoms with E-state index in [2.05, 4.69) is 10.6 Å². The average Bonchev–Trinajstić information content (AvgIpc) is 2.58. The summed E-state index contributed by atoms with van der Waals surface area (Å²) in [7, 11) is 0. The fourth-order valence-corrected chi connectivity index (χ4v) is 2.75. The normalized spacial score (nSPS) is 11.7. The maximum Gasteiger partial charge on any atom is 0.326 e. The van der Waals surface area contributed by atoms with Crippen molar-refractivity contribution in [2.75, 3.05) is 11.9 Å². The summed E-state index contributed by atoms with van der Waals surface area (Å²) in [6, 6.07) is 6.86. The molecule has 3 amide bonds. The second-order valence-corrected chi connectivity index (χ2v) is 6.31. The van der Waals surface area contributed by atoms with E-state index in [1.165, 1.54) is 30.3 Å². The third-order valence-corrected chi connectivity index (χ3v) is 4.18. The molecule has 5 nitrogen and oxygen atoms in total. The second kappa shape index (κ2) is 8.93. The van der Waals surface area contributed by atoms with Crippen LogP contribution in [0, 0.1) is 11.6 Å². The minimum Gasteiger partial charge on any atom is -0.332 e. The first-order chi connectivity index (χ1) is 12.3. The van der Waals surface area contributed by atoms with Crippen LogP contribution in [-0.2, 0) is 4.79 Å². The predicted octanol–water partition coefficient (Wildman–Crippen LogP) is 3.24. The lowest BCUT2D eigenvalue weighted by Gasteiger charge is -2.13. The van der Waals surface area contributed by atoms with Crippen LogP contribution in [0.3, 0.4) is 0 Å². The summed E-state index contributed by atoms with van der Waals surface area (Å²) in [5.41, 5.74) is 0.427. The van der Waals surface area contributed by atoms with Gasteiger partial charge in [0, 0.05) is 5.56 Å². The minimum absolute atomic E-state index is 0.0430. The van der Waals surface area contributed by atoms with Crippen LogP contribution in [0.4, 0.5) is 19.3 Å². The van der Waals surface area contributed by atoms with Gasteiger partial charge in [-0.15, -0.1) is 0 Å². The molecule has 138 valence electrons. The third kappa shape index (κ3) is 5.39. The van der Waals surface area contributed by atoms with Gasteiger partial charge in [0.1, 0.15) is 17.7 Å². The molecule has 0 aliphatic heterocycles. The van der Waals surface area contributed by atoms with Crippen LogP contribution in [0.1, 0.15) is 18.5 Å². The van der Waals surface area contributed by atoms with Crippen molar-refractivity contribution in [2.45, 2.75) is 13.0 Å². The molecule has 0 saturated carbocycles. The number of benzene rings is 2. The van der Waals surface area contributed by atoms with Gasteiger partial charge in [-0.1, -0.05) is 35.3 Å². The van der Waals surface area contributed by atoms with Crippen LogP contribution >= 0.6 is 23.2 Å². The molecule has 9 heteroatoms. The molecular formula is C17H16Cl2F2N3O2+. The summed E-state index contributed by atoms with van der Waals surface area (Å²) in [4.78, 5) is 23.6. The highest BCUT2D eigenvalue weighted by molar-refractivity contribution is 6.35. The Morgan fingerprint density at radius 3 is 2.50 bits per heavy atom. The lowest BCUT2D eigenvalue weighted by atomic mass is 10.1. The number of anilines is 1. The van der Waals surface area contributed by atoms with E-state index in [0.717, 1.165) is 0 Å². The summed E-state index contributed by atoms with van der Waals surface area (Å²) in [5.74, 6) is -1.83. The number of carbonyl (C=O) groups is 2. The average molecular weight is 403 g/mol. The van der Waals surface area contributed by atoms with Crippen molar-refractivity contribution in [2.24, 2.45) is 0 Å². The molecule has 0 aliphatic rings. The Morgan fingerprint density at radius 1 is 1.12 bits per heavy atom. The number of halogens is 4. The van der Waals surface area contributed by atoms with Crippen LogP contribution in [-0.4, -0.2) is 18.5 Å². The first-order valence-electron chi connectivity index (χ1n) is 7.61. The zero-order valence-electron chi connectivity index (χ0n) is 13.7. The van der Waals surface area contributed by atoms with Gasteiger partial charge < -0.3 is 10.6 Å². The van der Waals surface area contributed by atoms with Crippen molar-refractivity contribution in [3.05, 3.63) is 63.6 Å². The minimum atomic E-state index is -0.850. The van der Waals surface area contributed by atoms with Crippen LogP contribution in [0.2, 0.25) is 10.0 Å². The predicted molar refractivity (Wildman–Crippen MR) is 95.2 cm³/mol. The van der Waals surface area contributed by atoms with Crippen LogP contribution < -0.4 is 16.0 Å². The van der Waals surface area contributed by atoms with Crippen LogP contribution in [0.15, 0.2) is 36.4 Å². The molecule has 0 aromatic heterocycles. The first kappa shape index (κ1) is 20.1. The Morgan fingerprint density at radius 2 is 1.81 bits per heavy atom. The standard InChI is InChI=1S/C17H15Cl2F2N3O2/c1-9(10-6-14(21)12(19)7-11(10)18)22-8-16(25)24-17(26)23-15-5-3-2-4-13(15)20/h2-7,9,22H,8H2,1H3,(H2,23,24,25,26)/p+1/t9-/m0/s1. The number of rotatable bonds is 5. The van der Waals surface area contributed by atoms with E-state index in [0.29, 0.717) is 5.56 Å². The van der Waals surface area contributed by atoms with E-state index >= 15 is 0 Å². The molecule has 0 unspecified atom stereocenters. The van der Waals surface area contributed by atoms with E-state index in [-0.39, 0.29) is 28.3 Å². The lowest BCUT2D eigenvalue weighted by molar-refractivity contribution is -0.682. The molecule has 0 bridgehead atoms. The summed E-state index contributed by atoms with van der Waals surface area (Å²) in [6.07, 6.45) is 0. The molecule has 2 aromatic carbocycles. The molecule has 26 heavy (non-hydrogen) atoms. The van der Waals surface area contributed by atoms with Gasteiger partial charge in [-0.25, -0.2) is 13.6 Å². The number of nitrogens with two attached hydrogens (primary N) is 1. The number of para-hydroxylation sites is 1. The van der Waals surface area contributed by atoms with Gasteiger partial charge in [-0.2, -0.15) is 0 Å². The Kier molecular flexibility index (Phi) is 6.90. The van der Waals surface area contributed by atoms with Gasteiger partial charge in [0.25, 0.3) is 5.91 Å². The van der Waals surface area contributed by atoms with E-state index < -0.39 is 23.6 Å². The second-order valence-electron chi connectivity index (χ2n) is 5.50. The highest BCUT2D eigenvalue weighted by Crippen LogP contribution is 2.27. The summed E-state index contributed by atoms with van der Waals surface area (Å²) in [6.45, 7) is 1.60. The van der Waals surface area contributed by atoms with Crippen molar-refractivity contribution < 1.29 is 23.7 Å². The van der Waals surface area contributed by atoms with Gasteiger partial charge in [0.05, 0.1) is 15.7 Å². The number of imide groups is 1. The molecule has 0 aliphatic carbocycles. The maximum atomic E-state index is 13.6. The number of carbonyl (C=O) groups excluding carboxylic acids is 2. The lowest BCUT2D eigenvalue weighted by Crippen LogP contribution is -2.87. The Bertz CT molecular complexity index is 834. The summed E-state index contributed by atoms with van der Waals surface area (Å²) in [5, 5.41) is 6.08. The van der Waals surface area contributed by atoms with Gasteiger partial charge >= 0.3 is 6.03 Å². The molecule has 1 atom stereocenters. The number of hydrogen-bond donors (Lipinski definition) is 3. The van der Waals surface area contributed by atoms with E-state index in [9.17, 15) is 18.4 Å². The molecule has 0 radical (unpaired) electrons. The van der Waals surface area contributed by atoms with Gasteiger partial charge in [0.2, 0.25) is 0 Å². The smallest absolute Gasteiger partial charge is 0.326 e. The van der Waals surface area contributed by atoms with Crippen molar-refractivity contribution in [1.82, 2.24) is 5.32 Å². The number of amides is 3. The molecule has 2 aromatic rings. The zero-order chi connectivity index (χ0) is 19.3. The molecule has 2 rings (SSSR count). The zero-order valence-corrected chi connectivity index (χ0v) is 15.2. The topological polar surface area (TPSA) is 74.8 Å². The molecule has 4 N–H and O–H groups in total. The number of hydrogen-bond acceptors (Lipinski definition) is 2. The fraction of sp³-hybridized carbons (Fsp3) is 0.176. The first-order valence-corrected chi connectivity index (χ1v) is 8.36. The van der Waals surface area contributed by atoms with Crippen molar-refractivity contribution in [1.29, 1.82) is 0 Å². The maximum absolute atomic E-state index is 13.6. The monoisotopic (exact) mass is 402 g/mol. The molecule has 0 heterocycles. The number of nitrogens with one attached hydrogen (secondary N) is 2. The van der Waals surface area contributed by atoms with Crippen molar-refractivity contribution >= 4 is 40.8 Å². The third-order valence-electron chi connectivity index (χ3n) is 3.56. The molecular weight excluding hydrogens is 387 g/mol. The van der Waals surface area contributed by atoms with Gasteiger partial charge in [0.15, 0.2) is 6.54 Å². The Labute approximate surface area is 158 Å². The highest BCUT2D eigenvalue weighted by Gasteiger charge is 2.18. The number of urea groups is 1. The SMILES string of the molecule is C[C@H]([NH2+]CC(=O)NC(=O)Nc1ccccc1F)c1cc(F)c(Cl)cc1Cl. The molecule has 0 spiro atoms. The van der Waals surface area contributed by atoms with Crippen molar-refractivity contribution in [3.63, 3.8) is 0 Å².